The minimum absolute atomic E-state index is 0.0606. The van der Waals surface area contributed by atoms with E-state index in [4.69, 9.17) is 0 Å². The van der Waals surface area contributed by atoms with Crippen molar-refractivity contribution in [1.82, 2.24) is 15.0 Å². The summed E-state index contributed by atoms with van der Waals surface area (Å²) in [6.45, 7) is 1.99. The Morgan fingerprint density at radius 2 is 2.30 bits per heavy atom. The maximum atomic E-state index is 11.5. The number of carbonyl (C=O) groups excluding carboxylic acids is 2. The fourth-order valence-corrected chi connectivity index (χ4v) is 2.47. The second kappa shape index (κ2) is 6.29. The zero-order valence-electron chi connectivity index (χ0n) is 11.1. The van der Waals surface area contributed by atoms with Crippen molar-refractivity contribution in [2.45, 2.75) is 13.3 Å². The van der Waals surface area contributed by atoms with Crippen LogP contribution in [-0.4, -0.2) is 40.4 Å². The van der Waals surface area contributed by atoms with Crippen LogP contribution in [0.4, 0.5) is 5.13 Å². The molecule has 0 fully saturated rings. The minimum atomic E-state index is -0.606. The van der Waals surface area contributed by atoms with Crippen molar-refractivity contribution >= 4 is 28.2 Å². The van der Waals surface area contributed by atoms with E-state index < -0.39 is 5.97 Å². The first-order valence-corrected chi connectivity index (χ1v) is 6.75. The number of thiazole rings is 1. The molecule has 0 radical (unpaired) electrons. The van der Waals surface area contributed by atoms with Crippen LogP contribution in [0.2, 0.25) is 0 Å². The normalized spacial score (nSPS) is 10.3. The molecule has 2 aromatic rings. The standard InChI is InChI=1S/C12H14N4O3S/c1-7(17)10-9(11(18)19-2)16-12(20-10)15-4-3-8-13-5-6-14-8/h5-6H,3-4H2,1-2H3,(H,13,14)(H,15,16). The first-order chi connectivity index (χ1) is 9.61. The fourth-order valence-electron chi connectivity index (χ4n) is 1.59. The molecular formula is C12H14N4O3S. The highest BCUT2D eigenvalue weighted by molar-refractivity contribution is 7.17. The Bertz CT molecular complexity index is 606. The SMILES string of the molecule is COC(=O)c1nc(NCCc2ncc[nH]2)sc1C(C)=O. The molecule has 0 atom stereocenters. The fraction of sp³-hybridized carbons (Fsp3) is 0.333. The van der Waals surface area contributed by atoms with Gasteiger partial charge in [0.1, 0.15) is 10.7 Å². The topological polar surface area (TPSA) is 97.0 Å². The molecule has 0 saturated carbocycles. The summed E-state index contributed by atoms with van der Waals surface area (Å²) in [6, 6.07) is 0. The van der Waals surface area contributed by atoms with Crippen LogP contribution in [0.15, 0.2) is 12.4 Å². The van der Waals surface area contributed by atoms with Crippen molar-refractivity contribution in [3.8, 4) is 0 Å². The van der Waals surface area contributed by atoms with E-state index in [1.165, 1.54) is 14.0 Å². The van der Waals surface area contributed by atoms with Crippen molar-refractivity contribution in [1.29, 1.82) is 0 Å². The molecule has 0 aromatic carbocycles. The predicted octanol–water partition coefficient (Wildman–Crippen LogP) is 1.51. The van der Waals surface area contributed by atoms with Crippen LogP contribution in [0, 0.1) is 0 Å². The molecule has 2 aromatic heterocycles. The number of nitrogens with one attached hydrogen (secondary N) is 2. The van der Waals surface area contributed by atoms with Gasteiger partial charge in [-0.15, -0.1) is 0 Å². The number of carbonyl (C=O) groups is 2. The van der Waals surface area contributed by atoms with Gasteiger partial charge in [-0.05, 0) is 0 Å². The molecule has 0 aliphatic carbocycles. The summed E-state index contributed by atoms with van der Waals surface area (Å²) in [5.74, 6) is 0.0431. The summed E-state index contributed by atoms with van der Waals surface area (Å²) in [5.41, 5.74) is 0.0606. The van der Waals surface area contributed by atoms with Gasteiger partial charge in [-0.25, -0.2) is 14.8 Å². The van der Waals surface area contributed by atoms with Crippen LogP contribution in [0.25, 0.3) is 0 Å². The van der Waals surface area contributed by atoms with E-state index in [-0.39, 0.29) is 11.5 Å². The third-order valence-electron chi connectivity index (χ3n) is 2.52. The summed E-state index contributed by atoms with van der Waals surface area (Å²) in [4.78, 5) is 34.5. The molecule has 0 aliphatic heterocycles. The second-order valence-corrected chi connectivity index (χ2v) is 4.96. The number of hydrogen-bond donors (Lipinski definition) is 2. The van der Waals surface area contributed by atoms with Gasteiger partial charge in [0.15, 0.2) is 16.6 Å². The van der Waals surface area contributed by atoms with Crippen LogP contribution in [0.5, 0.6) is 0 Å². The Labute approximate surface area is 119 Å². The first kappa shape index (κ1) is 14.2. The number of esters is 1. The van der Waals surface area contributed by atoms with Gasteiger partial charge in [-0.3, -0.25) is 4.79 Å². The van der Waals surface area contributed by atoms with Crippen molar-refractivity contribution in [3.05, 3.63) is 28.8 Å². The third kappa shape index (κ3) is 3.21. The number of imidazole rings is 1. The van der Waals surface area contributed by atoms with Gasteiger partial charge in [0.2, 0.25) is 0 Å². The van der Waals surface area contributed by atoms with Crippen molar-refractivity contribution in [2.75, 3.05) is 19.0 Å². The number of ether oxygens (including phenoxy) is 1. The van der Waals surface area contributed by atoms with Gasteiger partial charge in [0, 0.05) is 32.3 Å². The molecule has 0 spiro atoms. The average Bonchev–Trinajstić information content (AvgIpc) is 3.07. The number of Topliss-reactive ketones (excluding diaryl/α,β-unsaturated/α-hetero) is 1. The lowest BCUT2D eigenvalue weighted by Crippen LogP contribution is -2.08. The van der Waals surface area contributed by atoms with E-state index in [1.54, 1.807) is 12.4 Å². The highest BCUT2D eigenvalue weighted by atomic mass is 32.1. The number of aromatic amines is 1. The quantitative estimate of drug-likeness (QED) is 0.619. The third-order valence-corrected chi connectivity index (χ3v) is 3.63. The molecule has 0 bridgehead atoms. The van der Waals surface area contributed by atoms with Crippen molar-refractivity contribution < 1.29 is 14.3 Å². The Kier molecular flexibility index (Phi) is 4.46. The molecule has 0 saturated heterocycles. The summed E-state index contributed by atoms with van der Waals surface area (Å²) >= 11 is 1.15. The molecule has 2 rings (SSSR count). The Hall–Kier alpha value is -2.22. The number of ketones is 1. The molecule has 20 heavy (non-hydrogen) atoms. The van der Waals surface area contributed by atoms with E-state index in [1.807, 2.05) is 0 Å². The first-order valence-electron chi connectivity index (χ1n) is 5.94. The van der Waals surface area contributed by atoms with E-state index in [0.717, 1.165) is 17.2 Å². The molecule has 2 N–H and O–H groups in total. The van der Waals surface area contributed by atoms with Gasteiger partial charge in [0.05, 0.1) is 7.11 Å². The summed E-state index contributed by atoms with van der Waals surface area (Å²) < 4.78 is 4.61. The molecule has 0 unspecified atom stereocenters. The predicted molar refractivity (Wildman–Crippen MR) is 74.2 cm³/mol. The zero-order chi connectivity index (χ0) is 14.5. The van der Waals surface area contributed by atoms with E-state index in [0.29, 0.717) is 23.0 Å². The molecule has 7 nitrogen and oxygen atoms in total. The van der Waals surface area contributed by atoms with Gasteiger partial charge in [-0.1, -0.05) is 11.3 Å². The van der Waals surface area contributed by atoms with Gasteiger partial charge >= 0.3 is 5.97 Å². The number of anilines is 1. The number of rotatable bonds is 6. The zero-order valence-corrected chi connectivity index (χ0v) is 11.9. The summed E-state index contributed by atoms with van der Waals surface area (Å²) in [7, 11) is 1.26. The largest absolute Gasteiger partial charge is 0.464 e. The van der Waals surface area contributed by atoms with Gasteiger partial charge < -0.3 is 15.0 Å². The molecule has 2 heterocycles. The van der Waals surface area contributed by atoms with E-state index in [2.05, 4.69) is 25.0 Å². The highest BCUT2D eigenvalue weighted by Crippen LogP contribution is 2.24. The highest BCUT2D eigenvalue weighted by Gasteiger charge is 2.21. The molecular weight excluding hydrogens is 280 g/mol. The van der Waals surface area contributed by atoms with Crippen LogP contribution in [0.3, 0.4) is 0 Å². The minimum Gasteiger partial charge on any atom is -0.464 e. The molecule has 8 heteroatoms. The second-order valence-electron chi connectivity index (χ2n) is 3.96. The Morgan fingerprint density at radius 1 is 1.50 bits per heavy atom. The Morgan fingerprint density at radius 3 is 2.90 bits per heavy atom. The van der Waals surface area contributed by atoms with E-state index >= 15 is 0 Å². The van der Waals surface area contributed by atoms with Crippen LogP contribution < -0.4 is 5.32 Å². The number of nitrogens with zero attached hydrogens (tertiary/aromatic N) is 2. The van der Waals surface area contributed by atoms with Gasteiger partial charge in [-0.2, -0.15) is 0 Å². The number of hydrogen-bond acceptors (Lipinski definition) is 7. The summed E-state index contributed by atoms with van der Waals surface area (Å²) in [5, 5.41) is 3.58. The van der Waals surface area contributed by atoms with Gasteiger partial charge in [0.25, 0.3) is 0 Å². The Balaban J connectivity index is 2.04. The average molecular weight is 294 g/mol. The van der Waals surface area contributed by atoms with Crippen LogP contribution in [0.1, 0.15) is 32.9 Å². The lowest BCUT2D eigenvalue weighted by atomic mass is 10.3. The monoisotopic (exact) mass is 294 g/mol. The molecule has 0 aliphatic rings. The maximum absolute atomic E-state index is 11.5. The van der Waals surface area contributed by atoms with Crippen molar-refractivity contribution in [2.24, 2.45) is 0 Å². The van der Waals surface area contributed by atoms with Crippen LogP contribution >= 0.6 is 11.3 Å². The number of methoxy groups -OCH3 is 1. The lowest BCUT2D eigenvalue weighted by molar-refractivity contribution is 0.0591. The smallest absolute Gasteiger partial charge is 0.358 e. The van der Waals surface area contributed by atoms with Crippen molar-refractivity contribution in [3.63, 3.8) is 0 Å². The number of aromatic nitrogens is 3. The number of H-pyrrole nitrogens is 1. The van der Waals surface area contributed by atoms with E-state index in [9.17, 15) is 9.59 Å². The van der Waals surface area contributed by atoms with Crippen LogP contribution in [-0.2, 0) is 11.2 Å². The summed E-state index contributed by atoms with van der Waals surface area (Å²) in [6.07, 6.45) is 4.12. The lowest BCUT2D eigenvalue weighted by Gasteiger charge is -1.99. The maximum Gasteiger partial charge on any atom is 0.358 e. The molecule has 106 valence electrons. The molecule has 0 amide bonds.